The maximum Gasteiger partial charge on any atom is 0.311 e. The summed E-state index contributed by atoms with van der Waals surface area (Å²) in [5.74, 6) is -4.79. The monoisotopic (exact) mass is 441 g/mol. The molecule has 0 bridgehead atoms. The van der Waals surface area contributed by atoms with Crippen LogP contribution in [-0.4, -0.2) is 37.1 Å². The molecule has 1 saturated heterocycles. The molecule has 0 spiro atoms. The summed E-state index contributed by atoms with van der Waals surface area (Å²) in [7, 11) is 0. The van der Waals surface area contributed by atoms with Crippen molar-refractivity contribution in [1.82, 2.24) is 4.90 Å². The second-order valence-corrected chi connectivity index (χ2v) is 7.46. The number of ether oxygens (including phenoxy) is 3. The van der Waals surface area contributed by atoms with E-state index in [1.807, 2.05) is 0 Å². The van der Waals surface area contributed by atoms with Crippen LogP contribution in [0.4, 0.5) is 13.2 Å². The molecule has 32 heavy (non-hydrogen) atoms. The van der Waals surface area contributed by atoms with E-state index >= 15 is 0 Å². The van der Waals surface area contributed by atoms with Gasteiger partial charge in [-0.1, -0.05) is 24.3 Å². The topological polar surface area (TPSA) is 48.0 Å². The van der Waals surface area contributed by atoms with Crippen molar-refractivity contribution in [3.05, 3.63) is 94.8 Å². The first-order chi connectivity index (χ1) is 15.5. The van der Waals surface area contributed by atoms with Gasteiger partial charge in [-0.25, -0.2) is 13.2 Å². The van der Waals surface area contributed by atoms with E-state index in [1.165, 1.54) is 47.4 Å². The minimum absolute atomic E-state index is 0.00881. The maximum absolute atomic E-state index is 14.9. The van der Waals surface area contributed by atoms with Gasteiger partial charge in [0.1, 0.15) is 17.5 Å². The third-order valence-electron chi connectivity index (χ3n) is 5.53. The zero-order valence-electron chi connectivity index (χ0n) is 16.8. The van der Waals surface area contributed by atoms with E-state index in [0.29, 0.717) is 26.3 Å². The van der Waals surface area contributed by atoms with Crippen LogP contribution in [0.5, 0.6) is 11.5 Å². The highest BCUT2D eigenvalue weighted by Gasteiger charge is 2.49. The largest absolute Gasteiger partial charge is 0.440 e. The SMILES string of the molecule is O=C(c1cc2c(cc1F)OC(c1ccccc1F)(c1ccccc1F)O2)N1CCOCC1. The highest BCUT2D eigenvalue weighted by molar-refractivity contribution is 5.95. The lowest BCUT2D eigenvalue weighted by atomic mass is 9.96. The molecule has 0 N–H and O–H groups in total. The van der Waals surface area contributed by atoms with Crippen molar-refractivity contribution in [2.24, 2.45) is 0 Å². The number of halogens is 3. The van der Waals surface area contributed by atoms with Gasteiger partial charge in [0.05, 0.1) is 29.9 Å². The highest BCUT2D eigenvalue weighted by atomic mass is 19.1. The molecule has 0 atom stereocenters. The number of benzene rings is 3. The van der Waals surface area contributed by atoms with Crippen LogP contribution in [0, 0.1) is 17.5 Å². The number of rotatable bonds is 3. The Bertz CT molecular complexity index is 1150. The molecule has 0 unspecified atom stereocenters. The average Bonchev–Trinajstić information content (AvgIpc) is 3.18. The Kier molecular flexibility index (Phi) is 5.01. The van der Waals surface area contributed by atoms with Crippen molar-refractivity contribution in [3.63, 3.8) is 0 Å². The van der Waals surface area contributed by atoms with Gasteiger partial charge >= 0.3 is 5.79 Å². The molecule has 1 amide bonds. The molecule has 0 aromatic heterocycles. The summed E-state index contributed by atoms with van der Waals surface area (Å²) < 4.78 is 61.7. The number of carbonyl (C=O) groups is 1. The predicted octanol–water partition coefficient (Wildman–Crippen LogP) is 4.25. The number of hydrogen-bond acceptors (Lipinski definition) is 4. The van der Waals surface area contributed by atoms with Gasteiger partial charge in [0, 0.05) is 19.2 Å². The summed E-state index contributed by atoms with van der Waals surface area (Å²) in [6.45, 7) is 1.39. The minimum Gasteiger partial charge on any atom is -0.440 e. The van der Waals surface area contributed by atoms with Crippen LogP contribution in [0.3, 0.4) is 0 Å². The van der Waals surface area contributed by atoms with Gasteiger partial charge in [-0.15, -0.1) is 0 Å². The molecule has 3 aromatic rings. The van der Waals surface area contributed by atoms with Crippen LogP contribution in [0.2, 0.25) is 0 Å². The number of fused-ring (bicyclic) bond motifs is 1. The van der Waals surface area contributed by atoms with Crippen molar-refractivity contribution in [1.29, 1.82) is 0 Å². The standard InChI is InChI=1S/C24H18F3NO4/c25-18-7-3-1-5-16(18)24(17-6-2-4-8-19(17)26)31-21-13-15(20(27)14-22(21)32-24)23(29)28-9-11-30-12-10-28/h1-8,13-14H,9-12H2. The van der Waals surface area contributed by atoms with Crippen molar-refractivity contribution in [2.75, 3.05) is 26.3 Å². The fourth-order valence-corrected chi connectivity index (χ4v) is 3.95. The van der Waals surface area contributed by atoms with Crippen LogP contribution in [0.25, 0.3) is 0 Å². The minimum atomic E-state index is -2.02. The number of amides is 1. The Hall–Kier alpha value is -3.52. The highest BCUT2D eigenvalue weighted by Crippen LogP contribution is 2.49. The lowest BCUT2D eigenvalue weighted by Crippen LogP contribution is -2.41. The fourth-order valence-electron chi connectivity index (χ4n) is 3.95. The Morgan fingerprint density at radius 2 is 1.31 bits per heavy atom. The van der Waals surface area contributed by atoms with Crippen LogP contribution in [0.15, 0.2) is 60.7 Å². The molecule has 5 rings (SSSR count). The summed E-state index contributed by atoms with van der Waals surface area (Å²) in [6.07, 6.45) is 0. The number of morpholine rings is 1. The molecule has 0 saturated carbocycles. The Labute approximate surface area is 181 Å². The molecule has 1 fully saturated rings. The molecule has 0 radical (unpaired) electrons. The third kappa shape index (κ3) is 3.27. The van der Waals surface area contributed by atoms with Gasteiger partial charge in [0.15, 0.2) is 11.5 Å². The first kappa shape index (κ1) is 20.4. The molecule has 3 aromatic carbocycles. The quantitative estimate of drug-likeness (QED) is 0.610. The van der Waals surface area contributed by atoms with Gasteiger partial charge in [-0.2, -0.15) is 0 Å². The van der Waals surface area contributed by atoms with Crippen LogP contribution in [-0.2, 0) is 10.5 Å². The molecule has 2 heterocycles. The third-order valence-corrected chi connectivity index (χ3v) is 5.53. The fraction of sp³-hybridized carbons (Fsp3) is 0.208. The van der Waals surface area contributed by atoms with Crippen molar-refractivity contribution >= 4 is 5.91 Å². The van der Waals surface area contributed by atoms with Gasteiger partial charge in [-0.05, 0) is 30.3 Å². The number of hydrogen-bond donors (Lipinski definition) is 0. The average molecular weight is 441 g/mol. The maximum atomic E-state index is 14.9. The summed E-state index contributed by atoms with van der Waals surface area (Å²) in [5.41, 5.74) is -0.377. The van der Waals surface area contributed by atoms with E-state index in [4.69, 9.17) is 14.2 Å². The number of nitrogens with zero attached hydrogens (tertiary/aromatic N) is 1. The van der Waals surface area contributed by atoms with Crippen molar-refractivity contribution in [2.45, 2.75) is 5.79 Å². The zero-order chi connectivity index (χ0) is 22.3. The lowest BCUT2D eigenvalue weighted by molar-refractivity contribution is -0.0515. The first-order valence-corrected chi connectivity index (χ1v) is 10.1. The Morgan fingerprint density at radius 1 is 0.781 bits per heavy atom. The molecule has 164 valence electrons. The normalized spacial score (nSPS) is 16.8. The first-order valence-electron chi connectivity index (χ1n) is 10.1. The van der Waals surface area contributed by atoms with E-state index in [9.17, 15) is 18.0 Å². The molecule has 2 aliphatic heterocycles. The van der Waals surface area contributed by atoms with E-state index in [2.05, 4.69) is 0 Å². The molecule has 5 nitrogen and oxygen atoms in total. The van der Waals surface area contributed by atoms with Gasteiger partial charge in [-0.3, -0.25) is 4.79 Å². The van der Waals surface area contributed by atoms with Crippen molar-refractivity contribution in [3.8, 4) is 11.5 Å². The van der Waals surface area contributed by atoms with Crippen LogP contribution < -0.4 is 9.47 Å². The van der Waals surface area contributed by atoms with Crippen molar-refractivity contribution < 1.29 is 32.2 Å². The molecular formula is C24H18F3NO4. The molecular weight excluding hydrogens is 423 g/mol. The molecule has 0 aliphatic carbocycles. The van der Waals surface area contributed by atoms with Gasteiger partial charge < -0.3 is 19.1 Å². The zero-order valence-corrected chi connectivity index (χ0v) is 16.8. The van der Waals surface area contributed by atoms with E-state index < -0.39 is 29.1 Å². The predicted molar refractivity (Wildman–Crippen MR) is 108 cm³/mol. The van der Waals surface area contributed by atoms with E-state index in [-0.39, 0.29) is 28.2 Å². The van der Waals surface area contributed by atoms with E-state index in [1.54, 1.807) is 12.1 Å². The number of carbonyl (C=O) groups excluding carboxylic acids is 1. The second kappa shape index (κ2) is 7.87. The summed E-state index contributed by atoms with van der Waals surface area (Å²) >= 11 is 0. The van der Waals surface area contributed by atoms with E-state index in [0.717, 1.165) is 6.07 Å². The molecule has 8 heteroatoms. The van der Waals surface area contributed by atoms with Crippen LogP contribution in [0.1, 0.15) is 21.5 Å². The molecule has 2 aliphatic rings. The van der Waals surface area contributed by atoms with Gasteiger partial charge in [0.2, 0.25) is 0 Å². The second-order valence-electron chi connectivity index (χ2n) is 7.46. The van der Waals surface area contributed by atoms with Gasteiger partial charge in [0.25, 0.3) is 5.91 Å². The smallest absolute Gasteiger partial charge is 0.311 e. The lowest BCUT2D eigenvalue weighted by Gasteiger charge is -2.29. The Balaban J connectivity index is 1.61. The van der Waals surface area contributed by atoms with Crippen LogP contribution >= 0.6 is 0 Å². The summed E-state index contributed by atoms with van der Waals surface area (Å²) in [6, 6.07) is 13.5. The Morgan fingerprint density at radius 3 is 1.88 bits per heavy atom. The summed E-state index contributed by atoms with van der Waals surface area (Å²) in [4.78, 5) is 14.3. The summed E-state index contributed by atoms with van der Waals surface area (Å²) in [5, 5.41) is 0.